The lowest BCUT2D eigenvalue weighted by Crippen LogP contribution is -2.47. The molecule has 0 aliphatic rings. The molecule has 0 saturated carbocycles. The van der Waals surface area contributed by atoms with Crippen LogP contribution in [0.4, 0.5) is 4.39 Å². The maximum absolute atomic E-state index is 13.1. The smallest absolute Gasteiger partial charge is 0.195 e. The number of hydrogen-bond donors (Lipinski definition) is 3. The summed E-state index contributed by atoms with van der Waals surface area (Å²) in [5, 5.41) is 20.0. The number of nitrogens with two attached hydrogens (primary N) is 1. The van der Waals surface area contributed by atoms with Crippen molar-refractivity contribution in [3.63, 3.8) is 0 Å². The van der Waals surface area contributed by atoms with Crippen LogP contribution in [0.15, 0.2) is 65.5 Å². The van der Waals surface area contributed by atoms with Crippen LogP contribution in [-0.4, -0.2) is 29.0 Å². The minimum Gasteiger partial charge on any atom is -0.457 e. The van der Waals surface area contributed by atoms with Crippen molar-refractivity contribution in [2.45, 2.75) is 18.4 Å². The molecule has 1 heterocycles. The lowest BCUT2D eigenvalue weighted by atomic mass is 9.94. The third-order valence-corrected chi connectivity index (χ3v) is 6.41. The molecule has 0 atom stereocenters. The van der Waals surface area contributed by atoms with E-state index >= 15 is 0 Å². The Morgan fingerprint density at radius 1 is 0.903 bits per heavy atom. The lowest BCUT2D eigenvalue weighted by molar-refractivity contribution is 0.115. The van der Waals surface area contributed by atoms with Crippen LogP contribution < -0.4 is 15.9 Å². The summed E-state index contributed by atoms with van der Waals surface area (Å²) in [7, 11) is 0. The molecule has 1 aromatic heterocycles. The molecule has 4 aromatic rings. The van der Waals surface area contributed by atoms with Gasteiger partial charge in [0.25, 0.3) is 0 Å². The maximum Gasteiger partial charge on any atom is 0.195 e. The van der Waals surface area contributed by atoms with Crippen LogP contribution in [0, 0.1) is 5.82 Å². The van der Waals surface area contributed by atoms with E-state index in [4.69, 9.17) is 10.5 Å². The van der Waals surface area contributed by atoms with E-state index in [-0.39, 0.29) is 24.5 Å². The minimum absolute atomic E-state index is 0.0532. The first-order valence-electron chi connectivity index (χ1n) is 9.84. The van der Waals surface area contributed by atoms with Gasteiger partial charge in [0, 0.05) is 20.2 Å². The van der Waals surface area contributed by atoms with Gasteiger partial charge in [0.2, 0.25) is 0 Å². The zero-order valence-electron chi connectivity index (χ0n) is 16.7. The van der Waals surface area contributed by atoms with Crippen molar-refractivity contribution < 1.29 is 19.3 Å². The molecule has 0 radical (unpaired) electrons. The van der Waals surface area contributed by atoms with Gasteiger partial charge in [-0.3, -0.25) is 4.79 Å². The van der Waals surface area contributed by atoms with Crippen LogP contribution in [0.5, 0.6) is 11.5 Å². The Morgan fingerprint density at radius 2 is 1.52 bits per heavy atom. The second-order valence-electron chi connectivity index (χ2n) is 7.65. The van der Waals surface area contributed by atoms with E-state index < -0.39 is 5.54 Å². The molecule has 5 nitrogen and oxygen atoms in total. The Balaban J connectivity index is 1.67. The number of rotatable bonds is 7. The number of halogens is 1. The fraction of sp³-hybridized carbons (Fsp3) is 0.208. The van der Waals surface area contributed by atoms with Gasteiger partial charge in [0.05, 0.1) is 18.8 Å². The van der Waals surface area contributed by atoms with Crippen molar-refractivity contribution in [2.75, 3.05) is 13.2 Å². The van der Waals surface area contributed by atoms with Crippen molar-refractivity contribution in [1.82, 2.24) is 0 Å². The van der Waals surface area contributed by atoms with Crippen LogP contribution in [0.3, 0.4) is 0 Å². The topological polar surface area (TPSA) is 92.8 Å². The predicted molar refractivity (Wildman–Crippen MR) is 121 cm³/mol. The Labute approximate surface area is 182 Å². The van der Waals surface area contributed by atoms with Crippen LogP contribution in [0.1, 0.15) is 12.0 Å². The Morgan fingerprint density at radius 3 is 2.19 bits per heavy atom. The molecule has 0 aliphatic heterocycles. The minimum atomic E-state index is -1.03. The van der Waals surface area contributed by atoms with E-state index in [0.717, 1.165) is 15.0 Å². The summed E-state index contributed by atoms with van der Waals surface area (Å²) in [6, 6.07) is 16.7. The Bertz CT molecular complexity index is 1280. The van der Waals surface area contributed by atoms with Gasteiger partial charge >= 0.3 is 0 Å². The largest absolute Gasteiger partial charge is 0.457 e. The molecule has 0 amide bonds. The molecule has 0 bridgehead atoms. The summed E-state index contributed by atoms with van der Waals surface area (Å²) >= 11 is 1.48. The van der Waals surface area contributed by atoms with Crippen molar-refractivity contribution >= 4 is 31.5 Å². The number of hydrogen-bond acceptors (Lipinski definition) is 6. The van der Waals surface area contributed by atoms with Crippen LogP contribution >= 0.6 is 11.3 Å². The average Bonchev–Trinajstić information content (AvgIpc) is 2.79. The first-order valence-corrected chi connectivity index (χ1v) is 10.7. The SMILES string of the molecule is NC(CO)(CO)CCc1ccc2c(=O)c3ccc(Oc4ccc(F)cc4)cc3sc2c1. The van der Waals surface area contributed by atoms with Gasteiger partial charge in [-0.05, 0) is 73.0 Å². The molecule has 4 rings (SSSR count). The number of aryl methyl sites for hydroxylation is 1. The fourth-order valence-corrected chi connectivity index (χ4v) is 4.50. The van der Waals surface area contributed by atoms with Crippen molar-refractivity contribution in [3.8, 4) is 11.5 Å². The van der Waals surface area contributed by atoms with Gasteiger partial charge in [-0.15, -0.1) is 11.3 Å². The molecule has 160 valence electrons. The molecule has 0 unspecified atom stereocenters. The van der Waals surface area contributed by atoms with Crippen LogP contribution in [0.2, 0.25) is 0 Å². The highest BCUT2D eigenvalue weighted by atomic mass is 32.1. The van der Waals surface area contributed by atoms with E-state index in [2.05, 4.69) is 0 Å². The summed E-state index contributed by atoms with van der Waals surface area (Å²) in [4.78, 5) is 13.0. The molecule has 0 saturated heterocycles. The second kappa shape index (κ2) is 8.72. The molecular formula is C24H22FNO4S. The van der Waals surface area contributed by atoms with Crippen molar-refractivity contribution in [3.05, 3.63) is 82.3 Å². The number of benzene rings is 3. The molecule has 7 heteroatoms. The van der Waals surface area contributed by atoms with Crippen LogP contribution in [-0.2, 0) is 6.42 Å². The van der Waals surface area contributed by atoms with Gasteiger partial charge in [-0.25, -0.2) is 4.39 Å². The van der Waals surface area contributed by atoms with Crippen molar-refractivity contribution in [1.29, 1.82) is 0 Å². The molecule has 0 fully saturated rings. The first kappa shape index (κ1) is 21.4. The molecular weight excluding hydrogens is 417 g/mol. The molecule has 31 heavy (non-hydrogen) atoms. The predicted octanol–water partition coefficient (Wildman–Crippen LogP) is 3.96. The zero-order chi connectivity index (χ0) is 22.0. The van der Waals surface area contributed by atoms with E-state index in [1.807, 2.05) is 18.2 Å². The van der Waals surface area contributed by atoms with Crippen LogP contribution in [0.25, 0.3) is 20.2 Å². The molecule has 0 spiro atoms. The lowest BCUT2D eigenvalue weighted by Gasteiger charge is -2.24. The Kier molecular flexibility index (Phi) is 6.02. The van der Waals surface area contributed by atoms with Gasteiger partial charge in [-0.2, -0.15) is 0 Å². The summed E-state index contributed by atoms with van der Waals surface area (Å²) in [5.74, 6) is 0.731. The summed E-state index contributed by atoms with van der Waals surface area (Å²) < 4.78 is 20.5. The van der Waals surface area contributed by atoms with Gasteiger partial charge in [0.1, 0.15) is 17.3 Å². The quantitative estimate of drug-likeness (QED) is 0.379. The maximum atomic E-state index is 13.1. The van der Waals surface area contributed by atoms with Gasteiger partial charge in [0.15, 0.2) is 5.43 Å². The highest BCUT2D eigenvalue weighted by molar-refractivity contribution is 7.24. The molecule has 0 aliphatic carbocycles. The normalized spacial score (nSPS) is 11.9. The van der Waals surface area contributed by atoms with E-state index in [9.17, 15) is 19.4 Å². The van der Waals surface area contributed by atoms with Gasteiger partial charge in [-0.1, -0.05) is 6.07 Å². The standard InChI is InChI=1S/C24H22FNO4S/c25-16-2-4-17(5-3-16)30-18-6-8-20-22(12-18)31-21-11-15(1-7-19(21)23(20)29)9-10-24(26,13-27)14-28/h1-8,11-12,27-28H,9-10,13-14,26H2. The third-order valence-electron chi connectivity index (χ3n) is 5.30. The highest BCUT2D eigenvalue weighted by Crippen LogP contribution is 2.31. The zero-order valence-corrected chi connectivity index (χ0v) is 17.5. The summed E-state index contributed by atoms with van der Waals surface area (Å²) in [6.07, 6.45) is 0.990. The number of aliphatic hydroxyl groups is 2. The average molecular weight is 440 g/mol. The number of ether oxygens (including phenoxy) is 1. The van der Waals surface area contributed by atoms with E-state index in [1.165, 1.54) is 23.5 Å². The summed E-state index contributed by atoms with van der Waals surface area (Å²) in [5.41, 5.74) is 5.85. The number of aliphatic hydroxyl groups excluding tert-OH is 2. The number of fused-ring (bicyclic) bond motifs is 2. The fourth-order valence-electron chi connectivity index (χ4n) is 3.34. The monoisotopic (exact) mass is 439 g/mol. The summed E-state index contributed by atoms with van der Waals surface area (Å²) in [6.45, 7) is -0.599. The molecule has 4 N–H and O–H groups in total. The highest BCUT2D eigenvalue weighted by Gasteiger charge is 2.22. The van der Waals surface area contributed by atoms with E-state index in [0.29, 0.717) is 35.1 Å². The van der Waals surface area contributed by atoms with E-state index in [1.54, 1.807) is 30.3 Å². The van der Waals surface area contributed by atoms with Gasteiger partial charge < -0.3 is 20.7 Å². The first-order chi connectivity index (χ1) is 14.9. The third kappa shape index (κ3) is 4.60. The Hall–Kier alpha value is -2.84. The molecule has 3 aromatic carbocycles. The second-order valence-corrected chi connectivity index (χ2v) is 8.74. The van der Waals surface area contributed by atoms with Crippen molar-refractivity contribution in [2.24, 2.45) is 5.73 Å².